The van der Waals surface area contributed by atoms with Gasteiger partial charge < -0.3 is 26.0 Å². The van der Waals surface area contributed by atoms with E-state index >= 15 is 0 Å². The van der Waals surface area contributed by atoms with E-state index in [1.54, 1.807) is 26.6 Å². The molecular weight excluding hydrogens is 404 g/mol. The number of rotatable bonds is 9. The third-order valence-corrected chi connectivity index (χ3v) is 3.95. The summed E-state index contributed by atoms with van der Waals surface area (Å²) >= 11 is 0. The fraction of sp³-hybridized carbons (Fsp3) is 0.278. The summed E-state index contributed by atoms with van der Waals surface area (Å²) in [6, 6.07) is 0. The highest BCUT2D eigenvalue weighted by Gasteiger charge is 2.21. The Balaban J connectivity index is 1.91. The van der Waals surface area contributed by atoms with Gasteiger partial charge in [-0.2, -0.15) is 5.10 Å². The molecule has 0 aliphatic carbocycles. The van der Waals surface area contributed by atoms with Gasteiger partial charge in [0.2, 0.25) is 5.95 Å². The van der Waals surface area contributed by atoms with Crippen LogP contribution in [0.5, 0.6) is 0 Å². The molecule has 13 heteroatoms. The first kappa shape index (κ1) is 21.6. The van der Waals surface area contributed by atoms with Crippen molar-refractivity contribution in [2.75, 3.05) is 43.3 Å². The van der Waals surface area contributed by atoms with Gasteiger partial charge in [0.25, 0.3) is 11.8 Å². The van der Waals surface area contributed by atoms with Crippen LogP contribution in [0.1, 0.15) is 21.0 Å². The lowest BCUT2D eigenvalue weighted by Gasteiger charge is -2.12. The minimum atomic E-state index is -0.560. The molecule has 0 bridgehead atoms. The van der Waals surface area contributed by atoms with Crippen LogP contribution in [0.3, 0.4) is 0 Å². The zero-order valence-corrected chi connectivity index (χ0v) is 17.2. The number of nitrogens with one attached hydrogen (secondary N) is 4. The first-order valence-electron chi connectivity index (χ1n) is 9.20. The van der Waals surface area contributed by atoms with Gasteiger partial charge >= 0.3 is 0 Å². The Morgan fingerprint density at radius 2 is 1.87 bits per heavy atom. The zero-order chi connectivity index (χ0) is 22.2. The zero-order valence-electron chi connectivity index (χ0n) is 17.2. The average molecular weight is 426 g/mol. The van der Waals surface area contributed by atoms with Crippen LogP contribution in [0.2, 0.25) is 0 Å². The van der Waals surface area contributed by atoms with Crippen molar-refractivity contribution >= 4 is 34.8 Å². The van der Waals surface area contributed by atoms with E-state index in [1.165, 1.54) is 30.5 Å². The molecule has 0 saturated heterocycles. The Kier molecular flexibility index (Phi) is 7.01. The number of aromatic nitrogens is 6. The molecule has 0 spiro atoms. The lowest BCUT2D eigenvalue weighted by atomic mass is 10.2. The monoisotopic (exact) mass is 426 g/mol. The number of nitrogens with zero attached hydrogens (tertiary/aromatic N) is 6. The Morgan fingerprint density at radius 3 is 2.58 bits per heavy atom. The summed E-state index contributed by atoms with van der Waals surface area (Å²) < 4.78 is 6.43. The van der Waals surface area contributed by atoms with Crippen LogP contribution in [-0.2, 0) is 11.8 Å². The minimum Gasteiger partial charge on any atom is -0.383 e. The molecule has 0 atom stereocenters. The summed E-state index contributed by atoms with van der Waals surface area (Å²) in [6.07, 6.45) is 7.47. The highest BCUT2D eigenvalue weighted by Crippen LogP contribution is 2.21. The molecular formula is C18H22N10O3. The molecule has 13 nitrogen and oxygen atoms in total. The molecule has 0 aromatic carbocycles. The molecule has 0 fully saturated rings. The van der Waals surface area contributed by atoms with Gasteiger partial charge in [0.15, 0.2) is 11.4 Å². The molecule has 0 aliphatic heterocycles. The molecule has 2 amide bonds. The fourth-order valence-corrected chi connectivity index (χ4v) is 2.56. The van der Waals surface area contributed by atoms with E-state index in [9.17, 15) is 9.59 Å². The van der Waals surface area contributed by atoms with Crippen molar-refractivity contribution < 1.29 is 14.3 Å². The maximum Gasteiger partial charge on any atom is 0.276 e. The molecule has 0 radical (unpaired) electrons. The first-order valence-corrected chi connectivity index (χ1v) is 9.20. The number of carbonyl (C=O) groups is 2. The average Bonchev–Trinajstić information content (AvgIpc) is 3.14. The second kappa shape index (κ2) is 10.1. The molecule has 3 aromatic rings. The molecule has 0 aliphatic rings. The normalized spacial score (nSPS) is 10.4. The quantitative estimate of drug-likeness (QED) is 0.353. The number of anilines is 4. The second-order valence-corrected chi connectivity index (χ2v) is 6.23. The lowest BCUT2D eigenvalue weighted by Crippen LogP contribution is -2.23. The molecule has 3 rings (SSSR count). The highest BCUT2D eigenvalue weighted by atomic mass is 16.5. The summed E-state index contributed by atoms with van der Waals surface area (Å²) in [5, 5.41) is 15.3. The van der Waals surface area contributed by atoms with Crippen molar-refractivity contribution in [3.05, 3.63) is 42.5 Å². The number of aryl methyl sites for hydroxylation is 1. The summed E-state index contributed by atoms with van der Waals surface area (Å²) in [5.41, 5.74) is 1.25. The second-order valence-electron chi connectivity index (χ2n) is 6.23. The molecule has 162 valence electrons. The van der Waals surface area contributed by atoms with E-state index in [2.05, 4.69) is 46.3 Å². The number of ether oxygens (including phenoxy) is 1. The van der Waals surface area contributed by atoms with E-state index in [4.69, 9.17) is 4.74 Å². The van der Waals surface area contributed by atoms with E-state index < -0.39 is 11.8 Å². The van der Waals surface area contributed by atoms with Crippen LogP contribution >= 0.6 is 0 Å². The van der Waals surface area contributed by atoms with Gasteiger partial charge in [-0.3, -0.25) is 14.3 Å². The van der Waals surface area contributed by atoms with Crippen molar-refractivity contribution in [3.63, 3.8) is 0 Å². The van der Waals surface area contributed by atoms with Gasteiger partial charge in [-0.1, -0.05) is 0 Å². The van der Waals surface area contributed by atoms with Crippen molar-refractivity contribution in [2.24, 2.45) is 7.05 Å². The SMILES string of the molecule is CNC(=O)c1nn(C)cc1NC(=O)c1nc(NCCOC)ncc1Nc1cncnc1. The molecule has 31 heavy (non-hydrogen) atoms. The number of amides is 2. The first-order chi connectivity index (χ1) is 15.0. The summed E-state index contributed by atoms with van der Waals surface area (Å²) in [6.45, 7) is 0.900. The molecule has 4 N–H and O–H groups in total. The Labute approximate surface area is 177 Å². The van der Waals surface area contributed by atoms with Crippen molar-refractivity contribution in [3.8, 4) is 0 Å². The van der Waals surface area contributed by atoms with E-state index in [-0.39, 0.29) is 23.0 Å². The van der Waals surface area contributed by atoms with Gasteiger partial charge in [-0.15, -0.1) is 0 Å². The molecule has 0 saturated carbocycles. The third kappa shape index (κ3) is 5.48. The topological polar surface area (TPSA) is 161 Å². The van der Waals surface area contributed by atoms with Crippen LogP contribution in [0, 0.1) is 0 Å². The number of hydrogen-bond acceptors (Lipinski definition) is 10. The Morgan fingerprint density at radius 1 is 1.10 bits per heavy atom. The van der Waals surface area contributed by atoms with Crippen LogP contribution in [0.15, 0.2) is 31.1 Å². The van der Waals surface area contributed by atoms with Gasteiger partial charge in [-0.25, -0.2) is 19.9 Å². The highest BCUT2D eigenvalue weighted by molar-refractivity contribution is 6.10. The largest absolute Gasteiger partial charge is 0.383 e. The van der Waals surface area contributed by atoms with Crippen molar-refractivity contribution in [1.29, 1.82) is 0 Å². The van der Waals surface area contributed by atoms with Gasteiger partial charge in [0.1, 0.15) is 6.33 Å². The maximum absolute atomic E-state index is 13.1. The summed E-state index contributed by atoms with van der Waals surface area (Å²) in [7, 11) is 4.70. The van der Waals surface area contributed by atoms with E-state index in [0.717, 1.165) is 0 Å². The number of hydrogen-bond donors (Lipinski definition) is 4. The molecule has 3 heterocycles. The number of methoxy groups -OCH3 is 1. The van der Waals surface area contributed by atoms with Gasteiger partial charge in [-0.05, 0) is 0 Å². The van der Waals surface area contributed by atoms with Gasteiger partial charge in [0, 0.05) is 33.9 Å². The van der Waals surface area contributed by atoms with Crippen LogP contribution in [0.25, 0.3) is 0 Å². The predicted molar refractivity (Wildman–Crippen MR) is 112 cm³/mol. The maximum atomic E-state index is 13.1. The standard InChI is InChI=1S/C18H22N10O3/c1-19-16(29)15-13(9-28(2)27-15)25-17(30)14-12(24-11-6-20-10-21-7-11)8-23-18(26-14)22-4-5-31-3/h6-10,24H,4-5H2,1-3H3,(H,19,29)(H,25,30)(H,22,23,26). The van der Waals surface area contributed by atoms with Crippen molar-refractivity contribution in [2.45, 2.75) is 0 Å². The lowest BCUT2D eigenvalue weighted by molar-refractivity contribution is 0.0958. The smallest absolute Gasteiger partial charge is 0.276 e. The summed E-state index contributed by atoms with van der Waals surface area (Å²) in [5.74, 6) is -0.746. The van der Waals surface area contributed by atoms with E-state index in [0.29, 0.717) is 24.5 Å². The third-order valence-electron chi connectivity index (χ3n) is 3.95. The van der Waals surface area contributed by atoms with Gasteiger partial charge in [0.05, 0.1) is 42.3 Å². The van der Waals surface area contributed by atoms with Crippen LogP contribution < -0.4 is 21.3 Å². The Hall–Kier alpha value is -4.13. The van der Waals surface area contributed by atoms with Crippen LogP contribution in [0.4, 0.5) is 23.0 Å². The van der Waals surface area contributed by atoms with E-state index in [1.807, 2.05) is 0 Å². The minimum absolute atomic E-state index is 0.0467. The van der Waals surface area contributed by atoms with Crippen molar-refractivity contribution in [1.82, 2.24) is 35.0 Å². The molecule has 0 unspecified atom stereocenters. The fourth-order valence-electron chi connectivity index (χ4n) is 2.56. The Bertz CT molecular complexity index is 1050. The predicted octanol–water partition coefficient (Wildman–Crippen LogP) is 0.414. The number of carbonyl (C=O) groups excluding carboxylic acids is 2. The van der Waals surface area contributed by atoms with Crippen LogP contribution in [-0.4, -0.2) is 68.8 Å². The molecule has 3 aromatic heterocycles. The summed E-state index contributed by atoms with van der Waals surface area (Å²) in [4.78, 5) is 41.6.